The highest BCUT2D eigenvalue weighted by molar-refractivity contribution is 5.98. The molecule has 1 aromatic carbocycles. The summed E-state index contributed by atoms with van der Waals surface area (Å²) < 4.78 is 0. The molecule has 3 nitrogen and oxygen atoms in total. The van der Waals surface area contributed by atoms with E-state index < -0.39 is 0 Å². The Hall–Kier alpha value is -1.64. The first-order valence-corrected chi connectivity index (χ1v) is 8.90. The molecule has 126 valence electrons. The van der Waals surface area contributed by atoms with Gasteiger partial charge in [-0.2, -0.15) is 0 Å². The lowest BCUT2D eigenvalue weighted by molar-refractivity contribution is 0.0949. The fourth-order valence-electron chi connectivity index (χ4n) is 3.25. The minimum absolute atomic E-state index is 0.304. The van der Waals surface area contributed by atoms with Crippen LogP contribution in [0.4, 0.5) is 5.69 Å². The molecule has 1 aromatic rings. The van der Waals surface area contributed by atoms with Gasteiger partial charge >= 0.3 is 0 Å². The first-order valence-electron chi connectivity index (χ1n) is 8.90. The molecule has 0 spiro atoms. The van der Waals surface area contributed by atoms with E-state index in [2.05, 4.69) is 18.8 Å². The molecule has 3 heteroatoms. The molecule has 0 atom stereocenters. The van der Waals surface area contributed by atoms with E-state index in [-0.39, 0.29) is 0 Å². The lowest BCUT2D eigenvalue weighted by Crippen LogP contribution is -2.14. The first kappa shape index (κ1) is 17.7. The molecule has 0 bridgehead atoms. The Morgan fingerprint density at radius 1 is 1.22 bits per heavy atom. The Bertz CT molecular complexity index is 571. The summed E-state index contributed by atoms with van der Waals surface area (Å²) in [5.74, 6) is 0.894. The average molecular weight is 314 g/mol. The molecule has 0 saturated heterocycles. The van der Waals surface area contributed by atoms with Crippen LogP contribution in [0.2, 0.25) is 0 Å². The van der Waals surface area contributed by atoms with Gasteiger partial charge < -0.3 is 4.90 Å². The predicted octanol–water partition coefficient (Wildman–Crippen LogP) is 5.07. The molecular weight excluding hydrogens is 284 g/mol. The third-order valence-corrected chi connectivity index (χ3v) is 5.15. The largest absolute Gasteiger partial charge is 0.366 e. The van der Waals surface area contributed by atoms with Crippen molar-refractivity contribution >= 4 is 17.8 Å². The van der Waals surface area contributed by atoms with E-state index in [0.29, 0.717) is 18.1 Å². The fraction of sp³-hybridized carbons (Fsp3) is 0.600. The fourth-order valence-corrected chi connectivity index (χ4v) is 3.25. The molecule has 1 saturated carbocycles. The van der Waals surface area contributed by atoms with Crippen molar-refractivity contribution in [2.24, 2.45) is 10.9 Å². The van der Waals surface area contributed by atoms with Gasteiger partial charge in [-0.1, -0.05) is 32.1 Å². The minimum atomic E-state index is 0.304. The number of carbonyl (C=O) groups is 1. The lowest BCUT2D eigenvalue weighted by Gasteiger charge is -2.21. The van der Waals surface area contributed by atoms with Gasteiger partial charge in [-0.3, -0.25) is 4.79 Å². The molecule has 1 aliphatic carbocycles. The van der Waals surface area contributed by atoms with E-state index in [0.717, 1.165) is 28.9 Å². The molecule has 0 aromatic heterocycles. The van der Waals surface area contributed by atoms with Gasteiger partial charge in [0.15, 0.2) is 5.78 Å². The van der Waals surface area contributed by atoms with Gasteiger partial charge in [0.25, 0.3) is 0 Å². The van der Waals surface area contributed by atoms with Crippen LogP contribution in [0, 0.1) is 19.8 Å². The standard InChI is InChI=1S/C20H30N2O/c1-5-22(4)14-21-19-12-11-18(15(2)16(19)3)20(23)13-17-9-7-6-8-10-17/h11-12,14,17H,5-10,13H2,1-4H3. The second kappa shape index (κ2) is 8.28. The van der Waals surface area contributed by atoms with Crippen molar-refractivity contribution in [1.82, 2.24) is 4.90 Å². The van der Waals surface area contributed by atoms with Crippen LogP contribution in [-0.4, -0.2) is 30.6 Å². The maximum atomic E-state index is 12.7. The number of rotatable bonds is 6. The zero-order valence-corrected chi connectivity index (χ0v) is 15.1. The highest BCUT2D eigenvalue weighted by Crippen LogP contribution is 2.30. The van der Waals surface area contributed by atoms with Crippen molar-refractivity contribution < 1.29 is 4.79 Å². The van der Waals surface area contributed by atoms with Crippen molar-refractivity contribution in [2.45, 2.75) is 59.3 Å². The monoisotopic (exact) mass is 314 g/mol. The summed E-state index contributed by atoms with van der Waals surface area (Å²) in [6, 6.07) is 3.95. The van der Waals surface area contributed by atoms with E-state index in [9.17, 15) is 4.79 Å². The predicted molar refractivity (Wildman–Crippen MR) is 97.9 cm³/mol. The highest BCUT2D eigenvalue weighted by Gasteiger charge is 2.20. The van der Waals surface area contributed by atoms with Gasteiger partial charge in [-0.15, -0.1) is 0 Å². The molecule has 23 heavy (non-hydrogen) atoms. The maximum Gasteiger partial charge on any atom is 0.163 e. The third-order valence-electron chi connectivity index (χ3n) is 5.15. The topological polar surface area (TPSA) is 32.7 Å². The normalized spacial score (nSPS) is 16.0. The van der Waals surface area contributed by atoms with Crippen LogP contribution in [-0.2, 0) is 0 Å². The van der Waals surface area contributed by atoms with Gasteiger partial charge in [0.05, 0.1) is 12.0 Å². The Balaban J connectivity index is 2.12. The Morgan fingerprint density at radius 2 is 1.91 bits per heavy atom. The number of carbonyl (C=O) groups excluding carboxylic acids is 1. The Kier molecular flexibility index (Phi) is 6.37. The van der Waals surface area contributed by atoms with E-state index in [1.807, 2.05) is 37.3 Å². The molecule has 1 fully saturated rings. The van der Waals surface area contributed by atoms with Crippen LogP contribution < -0.4 is 0 Å². The zero-order valence-electron chi connectivity index (χ0n) is 15.1. The number of benzene rings is 1. The Labute approximate surface area is 140 Å². The first-order chi connectivity index (χ1) is 11.0. The average Bonchev–Trinajstić information content (AvgIpc) is 2.56. The smallest absolute Gasteiger partial charge is 0.163 e. The van der Waals surface area contributed by atoms with Crippen LogP contribution >= 0.6 is 0 Å². The van der Waals surface area contributed by atoms with Crippen molar-refractivity contribution in [3.8, 4) is 0 Å². The number of aliphatic imine (C=N–C) groups is 1. The molecule has 0 amide bonds. The van der Waals surface area contributed by atoms with Crippen LogP contribution in [0.5, 0.6) is 0 Å². The van der Waals surface area contributed by atoms with Crippen LogP contribution in [0.15, 0.2) is 17.1 Å². The van der Waals surface area contributed by atoms with Crippen LogP contribution in [0.1, 0.15) is 66.9 Å². The lowest BCUT2D eigenvalue weighted by atomic mass is 9.84. The van der Waals surface area contributed by atoms with Crippen molar-refractivity contribution in [3.05, 3.63) is 28.8 Å². The number of hydrogen-bond acceptors (Lipinski definition) is 2. The number of hydrogen-bond donors (Lipinski definition) is 0. The summed E-state index contributed by atoms with van der Waals surface area (Å²) in [6.45, 7) is 7.13. The SMILES string of the molecule is CCN(C)C=Nc1ccc(C(=O)CC2CCCCC2)c(C)c1C. The summed E-state index contributed by atoms with van der Waals surface area (Å²) >= 11 is 0. The molecule has 0 N–H and O–H groups in total. The van der Waals surface area contributed by atoms with Crippen LogP contribution in [0.3, 0.4) is 0 Å². The maximum absolute atomic E-state index is 12.7. The zero-order chi connectivity index (χ0) is 16.8. The van der Waals surface area contributed by atoms with Crippen molar-refractivity contribution in [2.75, 3.05) is 13.6 Å². The molecule has 0 aliphatic heterocycles. The summed E-state index contributed by atoms with van der Waals surface area (Å²) in [5.41, 5.74) is 4.03. The van der Waals surface area contributed by atoms with Gasteiger partial charge in [0.2, 0.25) is 0 Å². The van der Waals surface area contributed by atoms with Gasteiger partial charge in [-0.05, 0) is 49.9 Å². The second-order valence-corrected chi connectivity index (χ2v) is 6.83. The van der Waals surface area contributed by atoms with Crippen LogP contribution in [0.25, 0.3) is 0 Å². The molecule has 0 unspecified atom stereocenters. The summed E-state index contributed by atoms with van der Waals surface area (Å²) in [6.07, 6.45) is 8.91. The Morgan fingerprint density at radius 3 is 2.57 bits per heavy atom. The quantitative estimate of drug-likeness (QED) is 0.417. The number of Topliss-reactive ketones (excluding diaryl/α,β-unsaturated/α-hetero) is 1. The third kappa shape index (κ3) is 4.66. The van der Waals surface area contributed by atoms with E-state index in [1.54, 1.807) is 0 Å². The van der Waals surface area contributed by atoms with E-state index in [1.165, 1.54) is 32.1 Å². The molecular formula is C20H30N2O. The highest BCUT2D eigenvalue weighted by atomic mass is 16.1. The minimum Gasteiger partial charge on any atom is -0.366 e. The summed E-state index contributed by atoms with van der Waals surface area (Å²) in [4.78, 5) is 19.2. The molecule has 0 radical (unpaired) electrons. The van der Waals surface area contributed by atoms with Crippen molar-refractivity contribution in [3.63, 3.8) is 0 Å². The second-order valence-electron chi connectivity index (χ2n) is 6.83. The number of nitrogens with zero attached hydrogens (tertiary/aromatic N) is 2. The van der Waals surface area contributed by atoms with Gasteiger partial charge in [-0.25, -0.2) is 4.99 Å². The van der Waals surface area contributed by atoms with Gasteiger partial charge in [0.1, 0.15) is 0 Å². The number of ketones is 1. The molecule has 1 aliphatic rings. The van der Waals surface area contributed by atoms with E-state index in [4.69, 9.17) is 0 Å². The summed E-state index contributed by atoms with van der Waals surface area (Å²) in [7, 11) is 2.01. The van der Waals surface area contributed by atoms with E-state index >= 15 is 0 Å². The summed E-state index contributed by atoms with van der Waals surface area (Å²) in [5, 5.41) is 0. The van der Waals surface area contributed by atoms with Crippen molar-refractivity contribution in [1.29, 1.82) is 0 Å². The molecule has 0 heterocycles. The molecule has 2 rings (SSSR count). The van der Waals surface area contributed by atoms with Gasteiger partial charge in [0, 0.05) is 25.6 Å².